The third kappa shape index (κ3) is 6.95. The Labute approximate surface area is 118 Å². The van der Waals surface area contributed by atoms with Gasteiger partial charge in [-0.1, -0.05) is 40.0 Å². The molecule has 3 nitrogen and oxygen atoms in total. The first-order valence-electron chi connectivity index (χ1n) is 8.03. The summed E-state index contributed by atoms with van der Waals surface area (Å²) in [6.45, 7) is 8.70. The van der Waals surface area contributed by atoms with E-state index in [0.717, 1.165) is 19.4 Å². The van der Waals surface area contributed by atoms with E-state index >= 15 is 0 Å². The maximum Gasteiger partial charge on any atom is 0.320 e. The topological polar surface area (TPSA) is 29.5 Å². The maximum absolute atomic E-state index is 11.9. The zero-order chi connectivity index (χ0) is 14.1. The fraction of sp³-hybridized carbons (Fsp3) is 0.938. The molecule has 0 bridgehead atoms. The Bertz CT molecular complexity index is 247. The van der Waals surface area contributed by atoms with Gasteiger partial charge in [-0.2, -0.15) is 0 Å². The van der Waals surface area contributed by atoms with E-state index in [-0.39, 0.29) is 5.97 Å². The Morgan fingerprint density at radius 1 is 1.32 bits per heavy atom. The van der Waals surface area contributed by atoms with E-state index in [1.165, 1.54) is 32.1 Å². The van der Waals surface area contributed by atoms with E-state index in [9.17, 15) is 4.79 Å². The van der Waals surface area contributed by atoms with Crippen LogP contribution in [-0.4, -0.2) is 36.6 Å². The average molecular weight is 269 g/mol. The molecule has 0 aliphatic heterocycles. The molecule has 1 aliphatic carbocycles. The highest BCUT2D eigenvalue weighted by Gasteiger charge is 2.24. The number of hydrogen-bond acceptors (Lipinski definition) is 3. The van der Waals surface area contributed by atoms with Crippen LogP contribution in [-0.2, 0) is 9.53 Å². The molecular formula is C16H31NO2. The van der Waals surface area contributed by atoms with E-state index in [0.29, 0.717) is 25.1 Å². The predicted octanol–water partition coefficient (Wildman–Crippen LogP) is 3.62. The molecule has 0 atom stereocenters. The summed E-state index contributed by atoms with van der Waals surface area (Å²) < 4.78 is 5.30. The average Bonchev–Trinajstić information content (AvgIpc) is 2.88. The van der Waals surface area contributed by atoms with Crippen molar-refractivity contribution < 1.29 is 9.53 Å². The van der Waals surface area contributed by atoms with Gasteiger partial charge in [-0.05, 0) is 38.1 Å². The first-order chi connectivity index (χ1) is 9.13. The van der Waals surface area contributed by atoms with Crippen LogP contribution in [0.5, 0.6) is 0 Å². The molecule has 0 aromatic heterocycles. The van der Waals surface area contributed by atoms with Crippen LogP contribution in [0.15, 0.2) is 0 Å². The van der Waals surface area contributed by atoms with Crippen molar-refractivity contribution in [2.75, 3.05) is 19.7 Å². The van der Waals surface area contributed by atoms with Crippen LogP contribution < -0.4 is 0 Å². The highest BCUT2D eigenvalue weighted by Crippen LogP contribution is 2.24. The summed E-state index contributed by atoms with van der Waals surface area (Å²) in [7, 11) is 0. The van der Waals surface area contributed by atoms with Crippen LogP contribution in [0.4, 0.5) is 0 Å². The summed E-state index contributed by atoms with van der Waals surface area (Å²) >= 11 is 0. The van der Waals surface area contributed by atoms with Gasteiger partial charge in [0.2, 0.25) is 0 Å². The van der Waals surface area contributed by atoms with Crippen LogP contribution in [0.25, 0.3) is 0 Å². The number of nitrogens with zero attached hydrogens (tertiary/aromatic N) is 1. The monoisotopic (exact) mass is 269 g/mol. The molecule has 0 radical (unpaired) electrons. The van der Waals surface area contributed by atoms with Gasteiger partial charge in [0.25, 0.3) is 0 Å². The Kier molecular flexibility index (Phi) is 8.11. The van der Waals surface area contributed by atoms with Gasteiger partial charge in [0, 0.05) is 6.04 Å². The number of hydrogen-bond donors (Lipinski definition) is 0. The summed E-state index contributed by atoms with van der Waals surface area (Å²) in [5.74, 6) is 0.657. The molecule has 3 heteroatoms. The van der Waals surface area contributed by atoms with Crippen LogP contribution in [0.2, 0.25) is 0 Å². The molecule has 1 fully saturated rings. The standard InChI is InChI=1S/C16H31NO2/c1-4-5-12-19-16(18)13-17(11-10-14(2)3)15-8-6-7-9-15/h14-15H,4-13H2,1-3H3. The zero-order valence-electron chi connectivity index (χ0n) is 13.0. The fourth-order valence-corrected chi connectivity index (χ4v) is 2.63. The minimum atomic E-state index is -0.0379. The Hall–Kier alpha value is -0.570. The third-order valence-corrected chi connectivity index (χ3v) is 3.93. The zero-order valence-corrected chi connectivity index (χ0v) is 13.0. The number of ether oxygens (including phenoxy) is 1. The molecule has 0 N–H and O–H groups in total. The van der Waals surface area contributed by atoms with E-state index in [2.05, 4.69) is 25.7 Å². The highest BCUT2D eigenvalue weighted by molar-refractivity contribution is 5.71. The second-order valence-electron chi connectivity index (χ2n) is 6.17. The third-order valence-electron chi connectivity index (χ3n) is 3.93. The predicted molar refractivity (Wildman–Crippen MR) is 79.2 cm³/mol. The lowest BCUT2D eigenvalue weighted by molar-refractivity contribution is -0.145. The number of carbonyl (C=O) groups excluding carboxylic acids is 1. The first kappa shape index (κ1) is 16.5. The molecule has 0 aromatic rings. The van der Waals surface area contributed by atoms with Gasteiger partial charge < -0.3 is 4.74 Å². The minimum Gasteiger partial charge on any atom is -0.465 e. The van der Waals surface area contributed by atoms with Gasteiger partial charge in [0.05, 0.1) is 13.2 Å². The summed E-state index contributed by atoms with van der Waals surface area (Å²) in [5, 5.41) is 0. The molecule has 0 saturated heterocycles. The van der Waals surface area contributed by atoms with Crippen molar-refractivity contribution in [2.45, 2.75) is 71.8 Å². The second-order valence-corrected chi connectivity index (χ2v) is 6.17. The summed E-state index contributed by atoms with van der Waals surface area (Å²) in [4.78, 5) is 14.2. The molecule has 1 aliphatic rings. The Morgan fingerprint density at radius 2 is 2.00 bits per heavy atom. The highest BCUT2D eigenvalue weighted by atomic mass is 16.5. The first-order valence-corrected chi connectivity index (χ1v) is 8.03. The van der Waals surface area contributed by atoms with Crippen LogP contribution >= 0.6 is 0 Å². The lowest BCUT2D eigenvalue weighted by Gasteiger charge is -2.28. The lowest BCUT2D eigenvalue weighted by atomic mass is 10.1. The van der Waals surface area contributed by atoms with Crippen molar-refractivity contribution in [3.8, 4) is 0 Å². The van der Waals surface area contributed by atoms with Gasteiger partial charge >= 0.3 is 5.97 Å². The van der Waals surface area contributed by atoms with Crippen LogP contribution in [0, 0.1) is 5.92 Å². The molecule has 0 amide bonds. The summed E-state index contributed by atoms with van der Waals surface area (Å²) in [5.41, 5.74) is 0. The van der Waals surface area contributed by atoms with Gasteiger partial charge in [-0.15, -0.1) is 0 Å². The Morgan fingerprint density at radius 3 is 2.58 bits per heavy atom. The van der Waals surface area contributed by atoms with Crippen molar-refractivity contribution in [1.29, 1.82) is 0 Å². The van der Waals surface area contributed by atoms with Crippen LogP contribution in [0.1, 0.15) is 65.7 Å². The van der Waals surface area contributed by atoms with Crippen LogP contribution in [0.3, 0.4) is 0 Å². The molecule has 0 unspecified atom stereocenters. The van der Waals surface area contributed by atoms with E-state index in [1.807, 2.05) is 0 Å². The number of carbonyl (C=O) groups is 1. The lowest BCUT2D eigenvalue weighted by Crippen LogP contribution is -2.39. The second kappa shape index (κ2) is 9.35. The normalized spacial score (nSPS) is 16.5. The smallest absolute Gasteiger partial charge is 0.320 e. The van der Waals surface area contributed by atoms with Crippen molar-refractivity contribution in [2.24, 2.45) is 5.92 Å². The fourth-order valence-electron chi connectivity index (χ4n) is 2.63. The van der Waals surface area contributed by atoms with E-state index in [4.69, 9.17) is 4.74 Å². The molecule has 112 valence electrons. The molecule has 0 heterocycles. The van der Waals surface area contributed by atoms with Crippen molar-refractivity contribution in [3.05, 3.63) is 0 Å². The summed E-state index contributed by atoms with van der Waals surface area (Å²) in [6.07, 6.45) is 8.34. The van der Waals surface area contributed by atoms with Crippen molar-refractivity contribution in [3.63, 3.8) is 0 Å². The van der Waals surface area contributed by atoms with E-state index < -0.39 is 0 Å². The number of rotatable bonds is 9. The Balaban J connectivity index is 2.36. The van der Waals surface area contributed by atoms with Gasteiger partial charge in [0.15, 0.2) is 0 Å². The molecule has 0 aromatic carbocycles. The van der Waals surface area contributed by atoms with Crippen molar-refractivity contribution in [1.82, 2.24) is 4.90 Å². The van der Waals surface area contributed by atoms with Gasteiger partial charge in [0.1, 0.15) is 0 Å². The molecule has 1 rings (SSSR count). The maximum atomic E-state index is 11.9. The molecule has 1 saturated carbocycles. The quantitative estimate of drug-likeness (QED) is 0.473. The minimum absolute atomic E-state index is 0.0379. The van der Waals surface area contributed by atoms with Gasteiger partial charge in [-0.3, -0.25) is 9.69 Å². The van der Waals surface area contributed by atoms with Crippen molar-refractivity contribution >= 4 is 5.97 Å². The molecule has 19 heavy (non-hydrogen) atoms. The van der Waals surface area contributed by atoms with Gasteiger partial charge in [-0.25, -0.2) is 0 Å². The molecular weight excluding hydrogens is 238 g/mol. The van der Waals surface area contributed by atoms with E-state index in [1.54, 1.807) is 0 Å². The SMILES string of the molecule is CCCCOC(=O)CN(CCC(C)C)C1CCCC1. The largest absolute Gasteiger partial charge is 0.465 e. The number of esters is 1. The molecule has 0 spiro atoms. The summed E-state index contributed by atoms with van der Waals surface area (Å²) in [6, 6.07) is 0.609. The number of unbranched alkanes of at least 4 members (excludes halogenated alkanes) is 1.